The molecule has 4 nitrogen and oxygen atoms in total. The number of hydrogen-bond donors (Lipinski definition) is 0. The van der Waals surface area contributed by atoms with Crippen LogP contribution in [0.25, 0.3) is 16.7 Å². The summed E-state index contributed by atoms with van der Waals surface area (Å²) in [6.45, 7) is 0. The molecule has 0 fully saturated rings. The molecule has 6 heteroatoms. The van der Waals surface area contributed by atoms with Crippen molar-refractivity contribution >= 4 is 33.8 Å². The van der Waals surface area contributed by atoms with E-state index in [1.165, 1.54) is 0 Å². The molecule has 110 valence electrons. The third-order valence-corrected chi connectivity index (χ3v) is 5.49. The summed E-state index contributed by atoms with van der Waals surface area (Å²) in [6, 6.07) is 10.8. The maximum absolute atomic E-state index is 12.6. The van der Waals surface area contributed by atoms with E-state index in [1.54, 1.807) is 24.4 Å². The molecule has 0 bridgehead atoms. The Morgan fingerprint density at radius 2 is 2.14 bits per heavy atom. The van der Waals surface area contributed by atoms with Crippen LogP contribution in [-0.2, 0) is 17.6 Å². The number of hydrogen-bond acceptors (Lipinski definition) is 3. The van der Waals surface area contributed by atoms with Crippen molar-refractivity contribution in [2.24, 2.45) is 0 Å². The fourth-order valence-electron chi connectivity index (χ4n) is 2.88. The predicted octanol–water partition coefficient (Wildman–Crippen LogP) is 2.70. The second kappa shape index (κ2) is 5.12. The van der Waals surface area contributed by atoms with Gasteiger partial charge in [0.1, 0.15) is 11.4 Å². The summed E-state index contributed by atoms with van der Waals surface area (Å²) in [5.41, 5.74) is 2.00. The maximum atomic E-state index is 12.6. The van der Waals surface area contributed by atoms with E-state index in [9.17, 15) is 9.35 Å². The van der Waals surface area contributed by atoms with Crippen molar-refractivity contribution in [2.45, 2.75) is 11.3 Å². The largest absolute Gasteiger partial charge is 0.611 e. The Balaban J connectivity index is 2.18. The van der Waals surface area contributed by atoms with Crippen molar-refractivity contribution in [3.63, 3.8) is 0 Å². The van der Waals surface area contributed by atoms with Crippen LogP contribution in [-0.4, -0.2) is 19.9 Å². The molecule has 0 N–H and O–H groups in total. The van der Waals surface area contributed by atoms with Crippen molar-refractivity contribution in [3.8, 4) is 5.69 Å². The second-order valence-corrected chi connectivity index (χ2v) is 7.04. The number of rotatable bonds is 1. The summed E-state index contributed by atoms with van der Waals surface area (Å²) in [4.78, 5) is 17.4. The Morgan fingerprint density at radius 3 is 2.95 bits per heavy atom. The van der Waals surface area contributed by atoms with E-state index in [0.717, 1.165) is 11.4 Å². The SMILES string of the molecule is O=c1c2c(n(-c3cccc(Cl)c3)c3ncccc13)CC[S+]2[O-]. The van der Waals surface area contributed by atoms with Crippen LogP contribution >= 0.6 is 11.6 Å². The first kappa shape index (κ1) is 13.8. The van der Waals surface area contributed by atoms with Gasteiger partial charge in [-0.3, -0.25) is 9.36 Å². The van der Waals surface area contributed by atoms with Crippen LogP contribution in [0.15, 0.2) is 52.3 Å². The van der Waals surface area contributed by atoms with E-state index in [2.05, 4.69) is 4.98 Å². The van der Waals surface area contributed by atoms with Crippen LogP contribution in [0.1, 0.15) is 5.69 Å². The summed E-state index contributed by atoms with van der Waals surface area (Å²) in [6.07, 6.45) is 2.25. The smallest absolute Gasteiger partial charge is 0.246 e. The quantitative estimate of drug-likeness (QED) is 0.645. The van der Waals surface area contributed by atoms with Gasteiger partial charge in [0.25, 0.3) is 0 Å². The minimum absolute atomic E-state index is 0.174. The maximum Gasteiger partial charge on any atom is 0.246 e. The summed E-state index contributed by atoms with van der Waals surface area (Å²) in [5, 5.41) is 1.09. The molecule has 1 aliphatic rings. The van der Waals surface area contributed by atoms with Crippen molar-refractivity contribution in [3.05, 3.63) is 63.5 Å². The van der Waals surface area contributed by atoms with Crippen LogP contribution < -0.4 is 5.43 Å². The van der Waals surface area contributed by atoms with E-state index < -0.39 is 11.2 Å². The summed E-state index contributed by atoms with van der Waals surface area (Å²) >= 11 is 4.85. The van der Waals surface area contributed by atoms with E-state index in [0.29, 0.717) is 33.1 Å². The van der Waals surface area contributed by atoms with Gasteiger partial charge in [-0.2, -0.15) is 0 Å². The Hall–Kier alpha value is -1.82. The average molecular weight is 331 g/mol. The van der Waals surface area contributed by atoms with Gasteiger partial charge >= 0.3 is 0 Å². The van der Waals surface area contributed by atoms with Crippen LogP contribution in [0.3, 0.4) is 0 Å². The molecule has 4 rings (SSSR count). The lowest BCUT2D eigenvalue weighted by atomic mass is 10.2. The van der Waals surface area contributed by atoms with Gasteiger partial charge in [0.15, 0.2) is 0 Å². The molecule has 1 aliphatic heterocycles. The van der Waals surface area contributed by atoms with Gasteiger partial charge < -0.3 is 4.55 Å². The highest BCUT2D eigenvalue weighted by molar-refractivity contribution is 7.91. The molecule has 1 atom stereocenters. The molecule has 0 amide bonds. The third-order valence-electron chi connectivity index (χ3n) is 3.80. The number of aromatic nitrogens is 2. The average Bonchev–Trinajstić information content (AvgIpc) is 2.90. The highest BCUT2D eigenvalue weighted by atomic mass is 35.5. The molecule has 0 saturated heterocycles. The zero-order valence-electron chi connectivity index (χ0n) is 11.5. The van der Waals surface area contributed by atoms with Crippen molar-refractivity contribution < 1.29 is 4.55 Å². The first-order valence-corrected chi connectivity index (χ1v) is 8.53. The monoisotopic (exact) mass is 330 g/mol. The molecule has 0 spiro atoms. The van der Waals surface area contributed by atoms with Gasteiger partial charge in [0.2, 0.25) is 10.3 Å². The van der Waals surface area contributed by atoms with E-state index in [4.69, 9.17) is 11.6 Å². The molecule has 2 aromatic heterocycles. The Morgan fingerprint density at radius 1 is 1.27 bits per heavy atom. The number of benzene rings is 1. The Labute approximate surface area is 134 Å². The summed E-state index contributed by atoms with van der Waals surface area (Å²) < 4.78 is 14.1. The first-order chi connectivity index (χ1) is 10.7. The molecule has 1 unspecified atom stereocenters. The Kier molecular flexibility index (Phi) is 3.22. The van der Waals surface area contributed by atoms with E-state index in [1.807, 2.05) is 22.8 Å². The Bertz CT molecular complexity index is 955. The molecule has 1 aromatic carbocycles. The van der Waals surface area contributed by atoms with Gasteiger partial charge in [-0.25, -0.2) is 4.98 Å². The van der Waals surface area contributed by atoms with E-state index in [-0.39, 0.29) is 5.43 Å². The lowest BCUT2D eigenvalue weighted by Crippen LogP contribution is -2.19. The minimum atomic E-state index is -1.25. The third kappa shape index (κ3) is 1.97. The fourth-order valence-corrected chi connectivity index (χ4v) is 4.42. The topological polar surface area (TPSA) is 58.0 Å². The molecular weight excluding hydrogens is 320 g/mol. The highest BCUT2D eigenvalue weighted by Crippen LogP contribution is 2.29. The number of nitrogens with zero attached hydrogens (tertiary/aromatic N) is 2. The van der Waals surface area contributed by atoms with Crippen molar-refractivity contribution in [1.29, 1.82) is 0 Å². The molecule has 0 radical (unpaired) electrons. The van der Waals surface area contributed by atoms with Crippen LogP contribution in [0.4, 0.5) is 0 Å². The van der Waals surface area contributed by atoms with Crippen molar-refractivity contribution in [2.75, 3.05) is 5.75 Å². The van der Waals surface area contributed by atoms with Crippen molar-refractivity contribution in [1.82, 2.24) is 9.55 Å². The zero-order valence-corrected chi connectivity index (χ0v) is 13.0. The highest BCUT2D eigenvalue weighted by Gasteiger charge is 2.33. The normalized spacial score (nSPS) is 16.9. The van der Waals surface area contributed by atoms with Gasteiger partial charge in [-0.1, -0.05) is 17.7 Å². The molecule has 0 saturated carbocycles. The van der Waals surface area contributed by atoms with Crippen LogP contribution in [0.2, 0.25) is 5.02 Å². The summed E-state index contributed by atoms with van der Waals surface area (Å²) in [5.74, 6) is 0.474. The molecule has 3 aromatic rings. The zero-order chi connectivity index (χ0) is 15.3. The lowest BCUT2D eigenvalue weighted by Gasteiger charge is -2.14. The summed E-state index contributed by atoms with van der Waals surface area (Å²) in [7, 11) is 0. The number of fused-ring (bicyclic) bond motifs is 2. The molecule has 3 heterocycles. The van der Waals surface area contributed by atoms with Crippen LogP contribution in [0, 0.1) is 0 Å². The van der Waals surface area contributed by atoms with Gasteiger partial charge in [0.05, 0.1) is 11.1 Å². The minimum Gasteiger partial charge on any atom is -0.611 e. The predicted molar refractivity (Wildman–Crippen MR) is 87.3 cm³/mol. The lowest BCUT2D eigenvalue weighted by molar-refractivity contribution is 0.598. The van der Waals surface area contributed by atoms with Gasteiger partial charge in [-0.05, 0) is 41.5 Å². The van der Waals surface area contributed by atoms with E-state index >= 15 is 0 Å². The first-order valence-electron chi connectivity index (χ1n) is 6.84. The number of halogens is 1. The standard InChI is InChI=1S/C16H11ClN2O2S/c17-10-3-1-4-11(9-10)19-13-6-8-22(21)15(13)14(20)12-5-2-7-18-16(12)19/h1-5,7,9H,6,8H2. The van der Waals surface area contributed by atoms with Crippen LogP contribution in [0.5, 0.6) is 0 Å². The van der Waals surface area contributed by atoms with Gasteiger partial charge in [0, 0.05) is 23.3 Å². The van der Waals surface area contributed by atoms with Gasteiger partial charge in [-0.15, -0.1) is 0 Å². The molecule has 22 heavy (non-hydrogen) atoms. The number of pyridine rings is 2. The molecule has 0 aliphatic carbocycles. The second-order valence-electron chi connectivity index (χ2n) is 5.09. The fraction of sp³-hybridized carbons (Fsp3) is 0.125. The molecular formula is C16H11ClN2O2S.